The molecule has 0 spiro atoms. The number of amides is 4. The number of carbonyl (C=O) groups is 5. The zero-order valence-electron chi connectivity index (χ0n) is 23.6. The number of hydrogen-bond acceptors (Lipinski definition) is 10. The number of carboxylic acid groups (broad SMARTS) is 1. The molecule has 0 heterocycles. The Kier molecular flexibility index (Phi) is 19.4. The normalized spacial score (nSPS) is 14.5. The molecule has 0 aliphatic carbocycles. The topological polar surface area (TPSA) is 316 Å². The second kappa shape index (κ2) is 21.2. The molecule has 0 radical (unpaired) electrons. The van der Waals surface area contributed by atoms with Gasteiger partial charge >= 0.3 is 5.97 Å². The van der Waals surface area contributed by atoms with Crippen molar-refractivity contribution in [3.05, 3.63) is 0 Å². The van der Waals surface area contributed by atoms with Gasteiger partial charge < -0.3 is 60.1 Å². The highest BCUT2D eigenvalue weighted by atomic mass is 16.4. The summed E-state index contributed by atoms with van der Waals surface area (Å²) in [4.78, 5) is 66.1. The molecule has 0 rings (SSSR count). The van der Waals surface area contributed by atoms with Gasteiger partial charge in [-0.1, -0.05) is 0 Å². The Labute approximate surface area is 239 Å². The Morgan fingerprint density at radius 1 is 0.707 bits per heavy atom. The lowest BCUT2D eigenvalue weighted by Gasteiger charge is -2.25. The van der Waals surface area contributed by atoms with Crippen molar-refractivity contribution in [1.82, 2.24) is 21.3 Å². The molecule has 16 N–H and O–H groups in total. The number of guanidine groups is 1. The van der Waals surface area contributed by atoms with Gasteiger partial charge in [0.25, 0.3) is 0 Å². The molecule has 5 atom stereocenters. The predicted molar refractivity (Wildman–Crippen MR) is 152 cm³/mol. The van der Waals surface area contributed by atoms with E-state index in [1.807, 2.05) is 0 Å². The van der Waals surface area contributed by atoms with E-state index in [1.54, 1.807) is 0 Å². The summed E-state index contributed by atoms with van der Waals surface area (Å²) < 4.78 is 0. The summed E-state index contributed by atoms with van der Waals surface area (Å²) in [5.74, 6) is -4.29. The van der Waals surface area contributed by atoms with Crippen LogP contribution in [0.5, 0.6) is 0 Å². The molecule has 0 aliphatic heterocycles. The van der Waals surface area contributed by atoms with E-state index in [4.69, 9.17) is 28.7 Å². The van der Waals surface area contributed by atoms with E-state index >= 15 is 0 Å². The van der Waals surface area contributed by atoms with Crippen LogP contribution in [0.3, 0.4) is 0 Å². The van der Waals surface area contributed by atoms with Gasteiger partial charge in [-0.2, -0.15) is 0 Å². The van der Waals surface area contributed by atoms with Crippen molar-refractivity contribution in [2.75, 3.05) is 26.2 Å². The number of aliphatic imine (C=N–C) groups is 1. The summed E-state index contributed by atoms with van der Waals surface area (Å²) >= 11 is 0. The van der Waals surface area contributed by atoms with Gasteiger partial charge in [0.2, 0.25) is 23.6 Å². The van der Waals surface area contributed by atoms with Crippen molar-refractivity contribution < 1.29 is 34.2 Å². The molecule has 0 saturated heterocycles. The van der Waals surface area contributed by atoms with Gasteiger partial charge in [0.15, 0.2) is 5.96 Å². The molecule has 17 heteroatoms. The SMILES string of the molecule is C[C@H](NC(=O)[C@H](CCCCN)NC(=O)[C@H](CO)NC(=O)[C@@H](N)CCCN=C(N)N)C(=O)N[C@@H](CCCCN)C(=O)O. The molecule has 0 fully saturated rings. The number of unbranched alkanes of at least 4 members (excludes halogenated alkanes) is 2. The molecule has 0 aromatic rings. The van der Waals surface area contributed by atoms with Crippen LogP contribution in [-0.2, 0) is 24.0 Å². The largest absolute Gasteiger partial charge is 0.480 e. The first-order valence-corrected chi connectivity index (χ1v) is 13.6. The summed E-state index contributed by atoms with van der Waals surface area (Å²) in [5, 5.41) is 28.8. The molecular formula is C24H48N10O7. The fourth-order valence-electron chi connectivity index (χ4n) is 3.58. The number of aliphatic hydroxyl groups excluding tert-OH is 1. The zero-order chi connectivity index (χ0) is 31.4. The molecule has 0 saturated carbocycles. The summed E-state index contributed by atoms with van der Waals surface area (Å²) in [6.07, 6.45) is 3.02. The first-order chi connectivity index (χ1) is 19.4. The summed E-state index contributed by atoms with van der Waals surface area (Å²) in [6.45, 7) is 1.59. The molecule has 236 valence electrons. The van der Waals surface area contributed by atoms with Crippen molar-refractivity contribution in [2.24, 2.45) is 33.7 Å². The van der Waals surface area contributed by atoms with Crippen molar-refractivity contribution in [3.8, 4) is 0 Å². The van der Waals surface area contributed by atoms with Gasteiger partial charge in [-0.3, -0.25) is 24.2 Å². The Morgan fingerprint density at radius 3 is 1.73 bits per heavy atom. The third-order valence-electron chi connectivity index (χ3n) is 6.01. The fraction of sp³-hybridized carbons (Fsp3) is 0.750. The lowest BCUT2D eigenvalue weighted by Crippen LogP contribution is -2.58. The third-order valence-corrected chi connectivity index (χ3v) is 6.01. The van der Waals surface area contributed by atoms with Crippen LogP contribution < -0.4 is 49.9 Å². The van der Waals surface area contributed by atoms with Crippen LogP contribution in [0, 0.1) is 0 Å². The van der Waals surface area contributed by atoms with Crippen molar-refractivity contribution in [3.63, 3.8) is 0 Å². The Bertz CT molecular complexity index is 870. The van der Waals surface area contributed by atoms with Crippen molar-refractivity contribution in [1.29, 1.82) is 0 Å². The number of carbonyl (C=O) groups excluding carboxylic acids is 4. The maximum atomic E-state index is 13.0. The quantitative estimate of drug-likeness (QED) is 0.0325. The summed E-state index contributed by atoms with van der Waals surface area (Å²) in [7, 11) is 0. The fourth-order valence-corrected chi connectivity index (χ4v) is 3.58. The van der Waals surface area contributed by atoms with Gasteiger partial charge in [0.1, 0.15) is 24.2 Å². The molecule has 0 aliphatic rings. The zero-order valence-corrected chi connectivity index (χ0v) is 23.6. The highest BCUT2D eigenvalue weighted by molar-refractivity contribution is 5.95. The van der Waals surface area contributed by atoms with E-state index in [1.165, 1.54) is 6.92 Å². The smallest absolute Gasteiger partial charge is 0.326 e. The summed E-state index contributed by atoms with van der Waals surface area (Å²) in [6, 6.07) is -5.82. The monoisotopic (exact) mass is 588 g/mol. The Hall–Kier alpha value is -3.54. The Morgan fingerprint density at radius 2 is 1.22 bits per heavy atom. The maximum absolute atomic E-state index is 13.0. The van der Waals surface area contributed by atoms with Gasteiger partial charge in [-0.05, 0) is 71.4 Å². The number of nitrogens with one attached hydrogen (secondary N) is 4. The molecule has 17 nitrogen and oxygen atoms in total. The molecule has 0 bridgehead atoms. The number of nitrogens with two attached hydrogens (primary N) is 5. The van der Waals surface area contributed by atoms with Crippen LogP contribution in [-0.4, -0.2) is 102 Å². The van der Waals surface area contributed by atoms with E-state index in [9.17, 15) is 34.2 Å². The van der Waals surface area contributed by atoms with Crippen molar-refractivity contribution >= 4 is 35.6 Å². The average molecular weight is 589 g/mol. The molecule has 0 unspecified atom stereocenters. The first kappa shape index (κ1) is 37.5. The number of carboxylic acids is 1. The van der Waals surface area contributed by atoms with Crippen LogP contribution in [0.1, 0.15) is 58.3 Å². The van der Waals surface area contributed by atoms with Crippen LogP contribution in [0.2, 0.25) is 0 Å². The Balaban J connectivity index is 5.23. The molecule has 4 amide bonds. The van der Waals surface area contributed by atoms with Gasteiger partial charge in [-0.25, -0.2) is 4.79 Å². The molecule has 0 aromatic heterocycles. The van der Waals surface area contributed by atoms with Gasteiger partial charge in [0, 0.05) is 6.54 Å². The number of aliphatic hydroxyl groups is 1. The van der Waals surface area contributed by atoms with E-state index in [0.29, 0.717) is 45.2 Å². The minimum atomic E-state index is -1.40. The minimum Gasteiger partial charge on any atom is -0.480 e. The van der Waals surface area contributed by atoms with Crippen LogP contribution in [0.25, 0.3) is 0 Å². The van der Waals surface area contributed by atoms with Crippen LogP contribution >= 0.6 is 0 Å². The van der Waals surface area contributed by atoms with E-state index in [-0.39, 0.29) is 31.8 Å². The average Bonchev–Trinajstić information content (AvgIpc) is 2.92. The van der Waals surface area contributed by atoms with Crippen molar-refractivity contribution in [2.45, 2.75) is 88.5 Å². The minimum absolute atomic E-state index is 0.0945. The number of nitrogens with zero attached hydrogens (tertiary/aromatic N) is 1. The number of aliphatic carboxylic acids is 1. The highest BCUT2D eigenvalue weighted by Gasteiger charge is 2.30. The lowest BCUT2D eigenvalue weighted by atomic mass is 10.1. The van der Waals surface area contributed by atoms with E-state index in [2.05, 4.69) is 26.3 Å². The second-order valence-corrected chi connectivity index (χ2v) is 9.56. The summed E-state index contributed by atoms with van der Waals surface area (Å²) in [5.41, 5.74) is 27.3. The van der Waals surface area contributed by atoms with E-state index in [0.717, 1.165) is 0 Å². The molecular weight excluding hydrogens is 540 g/mol. The number of hydrogen-bond donors (Lipinski definition) is 11. The standard InChI is InChI=1S/C24H48N10O7/c1-14(19(36)33-17(23(40)41)9-3-5-11-26)31-21(38)16(8-2-4-10-25)32-22(39)18(13-35)34-20(37)15(27)7-6-12-30-24(28)29/h14-18,35H,2-13,25-27H2,1H3,(H,31,38)(H,32,39)(H,33,36)(H,34,37)(H,40,41)(H4,28,29,30)/t14-,15-,16-,17-,18-/m0/s1. The molecule has 41 heavy (non-hydrogen) atoms. The third kappa shape index (κ3) is 16.3. The van der Waals surface area contributed by atoms with Crippen LogP contribution in [0.4, 0.5) is 0 Å². The first-order valence-electron chi connectivity index (χ1n) is 13.6. The maximum Gasteiger partial charge on any atom is 0.326 e. The van der Waals surface area contributed by atoms with Gasteiger partial charge in [0.05, 0.1) is 12.6 Å². The number of rotatable bonds is 22. The van der Waals surface area contributed by atoms with Gasteiger partial charge in [-0.15, -0.1) is 0 Å². The lowest BCUT2D eigenvalue weighted by molar-refractivity contribution is -0.142. The van der Waals surface area contributed by atoms with Crippen LogP contribution in [0.15, 0.2) is 4.99 Å². The second-order valence-electron chi connectivity index (χ2n) is 9.56. The highest BCUT2D eigenvalue weighted by Crippen LogP contribution is 2.05. The van der Waals surface area contributed by atoms with E-state index < -0.39 is 66.4 Å². The molecule has 0 aromatic carbocycles. The predicted octanol–water partition coefficient (Wildman–Crippen LogP) is -4.34.